The Labute approximate surface area is 146 Å². The third kappa shape index (κ3) is 5.15. The van der Waals surface area contributed by atoms with E-state index in [1.165, 1.54) is 12.1 Å². The van der Waals surface area contributed by atoms with Gasteiger partial charge >= 0.3 is 5.97 Å². The third-order valence-electron chi connectivity index (χ3n) is 2.99. The van der Waals surface area contributed by atoms with Gasteiger partial charge in [0, 0.05) is 16.6 Å². The van der Waals surface area contributed by atoms with Crippen LogP contribution in [0, 0.1) is 0 Å². The summed E-state index contributed by atoms with van der Waals surface area (Å²) in [6.45, 7) is 0.388. The standard InChI is InChI=1S/C16H13BrN2O3S/c17-13-7-5-11(6-8-13)14(20)19-16(23)18-9-10-1-3-12(4-2-10)15(21)22/h1-8H,9H2,(H,21,22)(H2,18,19,20,23). The van der Waals surface area contributed by atoms with E-state index in [4.69, 9.17) is 17.3 Å². The van der Waals surface area contributed by atoms with Crippen molar-refractivity contribution in [2.45, 2.75) is 6.54 Å². The van der Waals surface area contributed by atoms with E-state index in [-0.39, 0.29) is 16.6 Å². The van der Waals surface area contributed by atoms with Crippen LogP contribution in [0.15, 0.2) is 53.0 Å². The van der Waals surface area contributed by atoms with Gasteiger partial charge in [-0.2, -0.15) is 0 Å². The normalized spacial score (nSPS) is 9.96. The van der Waals surface area contributed by atoms with Crippen LogP contribution < -0.4 is 10.6 Å². The lowest BCUT2D eigenvalue weighted by Gasteiger charge is -2.10. The van der Waals surface area contributed by atoms with Crippen LogP contribution in [-0.2, 0) is 6.54 Å². The molecule has 2 aromatic rings. The summed E-state index contributed by atoms with van der Waals surface area (Å²) in [6.07, 6.45) is 0. The van der Waals surface area contributed by atoms with E-state index in [2.05, 4.69) is 26.6 Å². The molecule has 0 saturated carbocycles. The summed E-state index contributed by atoms with van der Waals surface area (Å²) < 4.78 is 0.888. The van der Waals surface area contributed by atoms with Gasteiger partial charge in [0.15, 0.2) is 5.11 Å². The number of thiocarbonyl (C=S) groups is 1. The van der Waals surface area contributed by atoms with Crippen LogP contribution in [0.2, 0.25) is 0 Å². The summed E-state index contributed by atoms with van der Waals surface area (Å²) in [7, 11) is 0. The molecule has 2 rings (SSSR count). The van der Waals surface area contributed by atoms with Gasteiger partial charge in [0.25, 0.3) is 5.91 Å². The van der Waals surface area contributed by atoms with E-state index in [1.54, 1.807) is 36.4 Å². The van der Waals surface area contributed by atoms with Crippen molar-refractivity contribution in [3.05, 3.63) is 69.7 Å². The Kier molecular flexibility index (Phi) is 5.84. The number of carbonyl (C=O) groups is 2. The lowest BCUT2D eigenvalue weighted by molar-refractivity contribution is 0.0696. The highest BCUT2D eigenvalue weighted by atomic mass is 79.9. The lowest BCUT2D eigenvalue weighted by atomic mass is 10.1. The molecule has 0 bridgehead atoms. The molecule has 0 aliphatic carbocycles. The first-order valence-corrected chi connectivity index (χ1v) is 7.83. The number of aromatic carboxylic acids is 1. The van der Waals surface area contributed by atoms with Crippen molar-refractivity contribution < 1.29 is 14.7 Å². The lowest BCUT2D eigenvalue weighted by Crippen LogP contribution is -2.38. The fourth-order valence-corrected chi connectivity index (χ4v) is 2.20. The van der Waals surface area contributed by atoms with Crippen LogP contribution in [0.3, 0.4) is 0 Å². The molecule has 0 fully saturated rings. The number of benzene rings is 2. The minimum Gasteiger partial charge on any atom is -0.478 e. The van der Waals surface area contributed by atoms with E-state index >= 15 is 0 Å². The van der Waals surface area contributed by atoms with Crippen LogP contribution in [0.25, 0.3) is 0 Å². The Morgan fingerprint density at radius 3 is 2.13 bits per heavy atom. The zero-order valence-corrected chi connectivity index (χ0v) is 14.3. The molecule has 3 N–H and O–H groups in total. The Bertz CT molecular complexity index is 730. The molecule has 2 aromatic carbocycles. The summed E-state index contributed by atoms with van der Waals surface area (Å²) in [6, 6.07) is 13.3. The molecule has 0 radical (unpaired) electrons. The highest BCUT2D eigenvalue weighted by molar-refractivity contribution is 9.10. The maximum absolute atomic E-state index is 12.0. The number of carbonyl (C=O) groups excluding carboxylic acids is 1. The molecule has 23 heavy (non-hydrogen) atoms. The van der Waals surface area contributed by atoms with Crippen LogP contribution in [-0.4, -0.2) is 22.1 Å². The second-order valence-corrected chi connectivity index (χ2v) is 5.97. The molecular formula is C16H13BrN2O3S. The average molecular weight is 393 g/mol. The third-order valence-corrected chi connectivity index (χ3v) is 3.76. The van der Waals surface area contributed by atoms with Gasteiger partial charge in [0.1, 0.15) is 0 Å². The Hall–Kier alpha value is -2.25. The number of carboxylic acids is 1. The first kappa shape index (κ1) is 17.1. The molecule has 0 spiro atoms. The van der Waals surface area contributed by atoms with Crippen LogP contribution in [0.4, 0.5) is 0 Å². The van der Waals surface area contributed by atoms with E-state index in [9.17, 15) is 9.59 Å². The topological polar surface area (TPSA) is 78.4 Å². The fraction of sp³-hybridized carbons (Fsp3) is 0.0625. The van der Waals surface area contributed by atoms with E-state index in [0.29, 0.717) is 12.1 Å². The minimum absolute atomic E-state index is 0.209. The molecule has 5 nitrogen and oxygen atoms in total. The van der Waals surface area contributed by atoms with Gasteiger partial charge in [-0.15, -0.1) is 0 Å². The Morgan fingerprint density at radius 2 is 1.57 bits per heavy atom. The van der Waals surface area contributed by atoms with Gasteiger partial charge in [0.2, 0.25) is 0 Å². The highest BCUT2D eigenvalue weighted by Gasteiger charge is 2.07. The summed E-state index contributed by atoms with van der Waals surface area (Å²) in [5.74, 6) is -1.27. The number of halogens is 1. The predicted molar refractivity (Wildman–Crippen MR) is 94.4 cm³/mol. The number of hydrogen-bond acceptors (Lipinski definition) is 3. The smallest absolute Gasteiger partial charge is 0.335 e. The molecule has 0 aromatic heterocycles. The quantitative estimate of drug-likeness (QED) is 0.697. The first-order valence-electron chi connectivity index (χ1n) is 6.62. The maximum atomic E-state index is 12.0. The largest absolute Gasteiger partial charge is 0.478 e. The summed E-state index contributed by atoms with van der Waals surface area (Å²) in [4.78, 5) is 22.7. The molecule has 0 aliphatic rings. The molecule has 0 heterocycles. The molecule has 0 atom stereocenters. The van der Waals surface area contributed by atoms with Crippen LogP contribution >= 0.6 is 28.1 Å². The van der Waals surface area contributed by atoms with E-state index in [0.717, 1.165) is 10.0 Å². The average Bonchev–Trinajstić information content (AvgIpc) is 2.54. The number of amides is 1. The van der Waals surface area contributed by atoms with E-state index < -0.39 is 5.97 Å². The minimum atomic E-state index is -0.971. The SMILES string of the molecule is O=C(O)c1ccc(CNC(=S)NC(=O)c2ccc(Br)cc2)cc1. The molecular weight excluding hydrogens is 380 g/mol. The van der Waals surface area contributed by atoms with Gasteiger partial charge in [-0.05, 0) is 54.2 Å². The van der Waals surface area contributed by atoms with Gasteiger partial charge in [0.05, 0.1) is 5.56 Å². The van der Waals surface area contributed by atoms with Crippen molar-refractivity contribution in [3.63, 3.8) is 0 Å². The van der Waals surface area contributed by atoms with E-state index in [1.807, 2.05) is 0 Å². The molecule has 0 unspecified atom stereocenters. The first-order chi connectivity index (χ1) is 11.0. The molecule has 1 amide bonds. The predicted octanol–water partition coefficient (Wildman–Crippen LogP) is 2.95. The molecule has 0 aliphatic heterocycles. The zero-order valence-electron chi connectivity index (χ0n) is 11.9. The van der Waals surface area contributed by atoms with Crippen LogP contribution in [0.1, 0.15) is 26.3 Å². The number of rotatable bonds is 4. The number of carboxylic acid groups (broad SMARTS) is 1. The number of nitrogens with one attached hydrogen (secondary N) is 2. The van der Waals surface area contributed by atoms with Gasteiger partial charge in [-0.25, -0.2) is 4.79 Å². The second-order valence-electron chi connectivity index (χ2n) is 4.65. The second kappa shape index (κ2) is 7.85. The summed E-state index contributed by atoms with van der Waals surface area (Å²) in [5.41, 5.74) is 1.58. The molecule has 118 valence electrons. The highest BCUT2D eigenvalue weighted by Crippen LogP contribution is 2.10. The van der Waals surface area contributed by atoms with Crippen molar-refractivity contribution in [2.75, 3.05) is 0 Å². The number of hydrogen-bond donors (Lipinski definition) is 3. The Morgan fingerprint density at radius 1 is 1.00 bits per heavy atom. The van der Waals surface area contributed by atoms with Gasteiger partial charge in [-0.1, -0.05) is 28.1 Å². The van der Waals surface area contributed by atoms with Gasteiger partial charge in [-0.3, -0.25) is 10.1 Å². The Balaban J connectivity index is 1.86. The fourth-order valence-electron chi connectivity index (χ4n) is 1.77. The van der Waals surface area contributed by atoms with Crippen molar-refractivity contribution >= 4 is 45.1 Å². The maximum Gasteiger partial charge on any atom is 0.335 e. The summed E-state index contributed by atoms with van der Waals surface area (Å²) >= 11 is 8.38. The van der Waals surface area contributed by atoms with Crippen molar-refractivity contribution in [2.24, 2.45) is 0 Å². The zero-order chi connectivity index (χ0) is 16.8. The summed E-state index contributed by atoms with van der Waals surface area (Å²) in [5, 5.41) is 14.5. The monoisotopic (exact) mass is 392 g/mol. The van der Waals surface area contributed by atoms with Crippen molar-refractivity contribution in [1.29, 1.82) is 0 Å². The van der Waals surface area contributed by atoms with Crippen molar-refractivity contribution in [3.8, 4) is 0 Å². The molecule has 7 heteroatoms. The van der Waals surface area contributed by atoms with Crippen molar-refractivity contribution in [1.82, 2.24) is 10.6 Å². The molecule has 0 saturated heterocycles. The van der Waals surface area contributed by atoms with Crippen LogP contribution in [0.5, 0.6) is 0 Å². The van der Waals surface area contributed by atoms with Gasteiger partial charge < -0.3 is 10.4 Å².